The third-order valence-electron chi connectivity index (χ3n) is 13.2. The Morgan fingerprint density at radius 2 is 1.15 bits per heavy atom. The lowest BCUT2D eigenvalue weighted by molar-refractivity contribution is 0.0102. The number of nitrogens with zero attached hydrogens (tertiary/aromatic N) is 4. The summed E-state index contributed by atoms with van der Waals surface area (Å²) >= 11 is 0. The summed E-state index contributed by atoms with van der Waals surface area (Å²) in [6.45, 7) is 12.1. The number of methoxy groups -OCH3 is 2. The molecular formula is C44H48N6O4. The first kappa shape index (κ1) is 34.7. The number of ether oxygens (including phenoxy) is 2. The van der Waals surface area contributed by atoms with Crippen molar-refractivity contribution in [3.05, 3.63) is 118 Å². The summed E-state index contributed by atoms with van der Waals surface area (Å²) in [6, 6.07) is 15.6. The Balaban J connectivity index is 1.14. The lowest BCUT2D eigenvalue weighted by Crippen LogP contribution is -2.57. The fourth-order valence-corrected chi connectivity index (χ4v) is 10.3. The molecule has 6 fully saturated rings. The molecule has 10 atom stereocenters. The predicted molar refractivity (Wildman–Crippen MR) is 214 cm³/mol. The first-order valence-electron chi connectivity index (χ1n) is 19.3. The molecule has 11 rings (SSSR count). The van der Waals surface area contributed by atoms with Gasteiger partial charge >= 0.3 is 0 Å². The van der Waals surface area contributed by atoms with Crippen LogP contribution in [-0.2, 0) is 0 Å². The number of benzene rings is 2. The zero-order valence-electron chi connectivity index (χ0n) is 31.0. The fourth-order valence-electron chi connectivity index (χ4n) is 10.3. The summed E-state index contributed by atoms with van der Waals surface area (Å²) in [7, 11) is 3.33. The first-order chi connectivity index (χ1) is 26.4. The normalized spacial score (nSPS) is 28.5. The highest BCUT2D eigenvalue weighted by Gasteiger charge is 2.46. The van der Waals surface area contributed by atoms with Crippen LogP contribution in [0.2, 0.25) is 0 Å². The minimum Gasteiger partial charge on any atom is -0.497 e. The van der Waals surface area contributed by atoms with Gasteiger partial charge in [-0.15, -0.1) is 13.2 Å². The summed E-state index contributed by atoms with van der Waals surface area (Å²) in [5, 5.41) is 9.39. The van der Waals surface area contributed by atoms with Gasteiger partial charge in [-0.25, -0.2) is 0 Å². The van der Waals surface area contributed by atoms with E-state index >= 15 is 0 Å². The zero-order valence-corrected chi connectivity index (χ0v) is 31.0. The molecule has 54 heavy (non-hydrogen) atoms. The van der Waals surface area contributed by atoms with Gasteiger partial charge in [0.1, 0.15) is 22.9 Å². The Hall–Kier alpha value is -5.06. The van der Waals surface area contributed by atoms with Gasteiger partial charge in [0.05, 0.1) is 37.3 Å². The minimum absolute atomic E-state index is 0.0948. The topological polar surface area (TPSA) is 109 Å². The maximum Gasteiger partial charge on any atom is 0.253 e. The van der Waals surface area contributed by atoms with E-state index in [-0.39, 0.29) is 24.2 Å². The molecule has 3 aromatic carbocycles. The molecule has 4 bridgehead atoms. The smallest absolute Gasteiger partial charge is 0.253 e. The van der Waals surface area contributed by atoms with E-state index in [1.165, 1.54) is 0 Å². The zero-order chi connectivity index (χ0) is 37.1. The average molecular weight is 725 g/mol. The van der Waals surface area contributed by atoms with Crippen LogP contribution in [0, 0.1) is 23.7 Å². The molecule has 10 heteroatoms. The van der Waals surface area contributed by atoms with E-state index in [0.717, 1.165) is 96.3 Å². The summed E-state index contributed by atoms with van der Waals surface area (Å²) in [5.74, 6) is 3.36. The Labute approximate surface area is 315 Å². The third kappa shape index (κ3) is 5.78. The van der Waals surface area contributed by atoms with E-state index in [4.69, 9.17) is 9.47 Å². The second-order valence-electron chi connectivity index (χ2n) is 15.7. The molecule has 0 radical (unpaired) electrons. The lowest BCUT2D eigenvalue weighted by atomic mass is 9.72. The largest absolute Gasteiger partial charge is 0.497 e. The van der Waals surface area contributed by atoms with Crippen LogP contribution in [0.4, 0.5) is 11.4 Å². The molecule has 5 aromatic rings. The molecule has 0 amide bonds. The molecule has 0 spiro atoms. The quantitative estimate of drug-likeness (QED) is 0.109. The van der Waals surface area contributed by atoms with E-state index in [0.29, 0.717) is 35.0 Å². The maximum absolute atomic E-state index is 13.8. The van der Waals surface area contributed by atoms with Crippen molar-refractivity contribution in [2.24, 2.45) is 23.7 Å². The van der Waals surface area contributed by atoms with Gasteiger partial charge in [0.2, 0.25) is 0 Å². The number of rotatable bonds is 12. The summed E-state index contributed by atoms with van der Waals surface area (Å²) < 4.78 is 11.3. The van der Waals surface area contributed by atoms with Crippen molar-refractivity contribution in [1.82, 2.24) is 19.8 Å². The predicted octanol–water partition coefficient (Wildman–Crippen LogP) is 6.50. The summed E-state index contributed by atoms with van der Waals surface area (Å²) in [6.07, 6.45) is 12.0. The fraction of sp³-hybridized carbons (Fsp3) is 0.409. The van der Waals surface area contributed by atoms with Crippen LogP contribution in [0.25, 0.3) is 21.8 Å². The standard InChI is InChI=1S/C44H48N6O4/c1-5-25-23-49-17-13-27(25)19-37(49)39(31-11-15-45-35-9-7-29(53-3)21-33(31)35)47-41-42(44(52)43(41)51)48-40(38-20-28-14-18-50(38)24-26(28)6-2)32-12-16-46-36-10-8-30(54-4)22-34(32)36/h5-12,15-16,21-22,25-28,37-40,47-48H,1-2,13-14,17-20,23-24H2,3-4H3/t25-,26-,27?,28?,37?,38?,39?,40?/m0/s1. The molecule has 8 unspecified atom stereocenters. The van der Waals surface area contributed by atoms with Crippen molar-refractivity contribution in [3.8, 4) is 11.5 Å². The van der Waals surface area contributed by atoms with Crippen molar-refractivity contribution in [2.75, 3.05) is 51.0 Å². The van der Waals surface area contributed by atoms with Gasteiger partial charge in [0, 0.05) is 48.3 Å². The highest BCUT2D eigenvalue weighted by atomic mass is 16.5. The van der Waals surface area contributed by atoms with Crippen molar-refractivity contribution in [1.29, 1.82) is 0 Å². The molecule has 6 saturated heterocycles. The van der Waals surface area contributed by atoms with Gasteiger partial charge in [-0.3, -0.25) is 29.4 Å². The van der Waals surface area contributed by atoms with Gasteiger partial charge < -0.3 is 20.1 Å². The molecule has 2 N–H and O–H groups in total. The summed E-state index contributed by atoms with van der Waals surface area (Å²) in [5.41, 5.74) is 3.47. The van der Waals surface area contributed by atoms with Gasteiger partial charge in [-0.1, -0.05) is 12.2 Å². The Morgan fingerprint density at radius 3 is 1.52 bits per heavy atom. The molecule has 6 aliphatic heterocycles. The van der Waals surface area contributed by atoms with Crippen LogP contribution >= 0.6 is 0 Å². The number of hydrogen-bond donors (Lipinski definition) is 2. The van der Waals surface area contributed by atoms with Crippen molar-refractivity contribution in [2.45, 2.75) is 49.9 Å². The number of pyridine rings is 2. The number of anilines is 2. The SMILES string of the molecule is C=C[C@H]1CN2CCC1CC2C(Nc1c(NC(c2ccnc3ccc(OC)cc23)C2CC3CCN2C[C@@H]3C=C)c(=O)c1=O)c1ccnc2ccc(OC)cc12. The number of fused-ring (bicyclic) bond motifs is 8. The van der Waals surface area contributed by atoms with E-state index in [1.54, 1.807) is 14.2 Å². The van der Waals surface area contributed by atoms with E-state index in [2.05, 4.69) is 55.7 Å². The van der Waals surface area contributed by atoms with Gasteiger partial charge in [-0.05, 0) is 122 Å². The monoisotopic (exact) mass is 724 g/mol. The van der Waals surface area contributed by atoms with Crippen LogP contribution in [0.1, 0.15) is 48.9 Å². The van der Waals surface area contributed by atoms with E-state index in [1.807, 2.05) is 60.9 Å². The molecule has 8 heterocycles. The summed E-state index contributed by atoms with van der Waals surface area (Å²) in [4.78, 5) is 42.1. The number of piperidine rings is 6. The highest BCUT2D eigenvalue weighted by molar-refractivity contribution is 5.86. The number of nitrogens with one attached hydrogen (secondary N) is 2. The second kappa shape index (κ2) is 14.0. The lowest BCUT2D eigenvalue weighted by Gasteiger charge is -2.52. The molecule has 10 nitrogen and oxygen atoms in total. The molecule has 0 saturated carbocycles. The average Bonchev–Trinajstić information content (AvgIpc) is 3.24. The van der Waals surface area contributed by atoms with Gasteiger partial charge in [0.25, 0.3) is 10.9 Å². The van der Waals surface area contributed by atoms with Crippen molar-refractivity contribution < 1.29 is 9.47 Å². The van der Waals surface area contributed by atoms with E-state index < -0.39 is 10.9 Å². The van der Waals surface area contributed by atoms with Crippen molar-refractivity contribution in [3.63, 3.8) is 0 Å². The maximum atomic E-state index is 13.8. The van der Waals surface area contributed by atoms with Gasteiger partial charge in [0.15, 0.2) is 0 Å². The van der Waals surface area contributed by atoms with Crippen LogP contribution in [0.5, 0.6) is 11.5 Å². The highest BCUT2D eigenvalue weighted by Crippen LogP contribution is 2.46. The molecule has 278 valence electrons. The molecule has 6 aliphatic rings. The third-order valence-corrected chi connectivity index (χ3v) is 13.2. The molecular weight excluding hydrogens is 677 g/mol. The Bertz CT molecular complexity index is 2160. The first-order valence-corrected chi connectivity index (χ1v) is 19.3. The van der Waals surface area contributed by atoms with Gasteiger partial charge in [-0.2, -0.15) is 0 Å². The second-order valence-corrected chi connectivity index (χ2v) is 15.7. The molecule has 2 aromatic heterocycles. The Morgan fingerprint density at radius 1 is 0.704 bits per heavy atom. The van der Waals surface area contributed by atoms with Crippen molar-refractivity contribution >= 4 is 33.2 Å². The van der Waals surface area contributed by atoms with Crippen LogP contribution < -0.4 is 31.0 Å². The van der Waals surface area contributed by atoms with Crippen LogP contribution in [-0.4, -0.2) is 72.3 Å². The Kier molecular flexibility index (Phi) is 8.98. The molecule has 0 aliphatic carbocycles. The minimum atomic E-state index is -0.490. The van der Waals surface area contributed by atoms with Crippen LogP contribution in [0.15, 0.2) is 95.8 Å². The number of aromatic nitrogens is 2. The van der Waals surface area contributed by atoms with E-state index in [9.17, 15) is 9.59 Å². The van der Waals surface area contributed by atoms with Crippen LogP contribution in [0.3, 0.4) is 0 Å². The number of hydrogen-bond acceptors (Lipinski definition) is 10.